The molecule has 0 saturated carbocycles. The zero-order chi connectivity index (χ0) is 13.7. The van der Waals surface area contributed by atoms with E-state index in [0.717, 1.165) is 0 Å². The average molecular weight is 259 g/mol. The van der Waals surface area contributed by atoms with Gasteiger partial charge < -0.3 is 9.47 Å². The van der Waals surface area contributed by atoms with E-state index in [1.54, 1.807) is 0 Å². The van der Waals surface area contributed by atoms with Gasteiger partial charge in [-0.2, -0.15) is 0 Å². The summed E-state index contributed by atoms with van der Waals surface area (Å²) in [5, 5.41) is 0. The lowest BCUT2D eigenvalue weighted by atomic mass is 10.1. The van der Waals surface area contributed by atoms with E-state index in [9.17, 15) is 0 Å². The molecule has 1 aromatic carbocycles. The molecule has 1 heterocycles. The maximum Gasteiger partial charge on any atom is 0.213 e. The summed E-state index contributed by atoms with van der Waals surface area (Å²) in [5.41, 5.74) is 1.06. The predicted molar refractivity (Wildman–Crippen MR) is 78.4 cm³/mol. The summed E-state index contributed by atoms with van der Waals surface area (Å²) < 4.78 is 11.2. The molecule has 0 amide bonds. The molecule has 1 atom stereocenters. The Balaban J connectivity index is 1.79. The van der Waals surface area contributed by atoms with Crippen LogP contribution < -0.4 is 0 Å². The van der Waals surface area contributed by atoms with Gasteiger partial charge in [-0.3, -0.25) is 0 Å². The minimum absolute atomic E-state index is 0.0952. The van der Waals surface area contributed by atoms with Crippen LogP contribution in [0.3, 0.4) is 0 Å². The first kappa shape index (κ1) is 13.8. The minimum Gasteiger partial charge on any atom is -0.477 e. The van der Waals surface area contributed by atoms with E-state index in [-0.39, 0.29) is 11.6 Å². The van der Waals surface area contributed by atoms with E-state index in [1.807, 2.05) is 37.3 Å². The second-order valence-electron chi connectivity index (χ2n) is 5.34. The minimum atomic E-state index is -0.118. The van der Waals surface area contributed by atoms with Gasteiger partial charge in [0.05, 0.1) is 12.1 Å². The van der Waals surface area contributed by atoms with Crippen molar-refractivity contribution in [2.45, 2.75) is 32.4 Å². The smallest absolute Gasteiger partial charge is 0.213 e. The van der Waals surface area contributed by atoms with Crippen molar-refractivity contribution in [1.29, 1.82) is 0 Å². The van der Waals surface area contributed by atoms with Gasteiger partial charge >= 0.3 is 0 Å². The first-order chi connectivity index (χ1) is 9.07. The van der Waals surface area contributed by atoms with Gasteiger partial charge in [0.1, 0.15) is 12.7 Å². The number of hydrogen-bond donors (Lipinski definition) is 0. The number of hydrogen-bond acceptors (Lipinski definition) is 3. The van der Waals surface area contributed by atoms with Crippen molar-refractivity contribution in [2.24, 2.45) is 4.99 Å². The zero-order valence-corrected chi connectivity index (χ0v) is 11.8. The Labute approximate surface area is 115 Å². The summed E-state index contributed by atoms with van der Waals surface area (Å²) in [6, 6.07) is 10.2. The zero-order valence-electron chi connectivity index (χ0n) is 11.8. The predicted octanol–water partition coefficient (Wildman–Crippen LogP) is 3.31. The monoisotopic (exact) mass is 259 g/mol. The lowest BCUT2D eigenvalue weighted by Crippen LogP contribution is -2.21. The highest BCUT2D eigenvalue weighted by molar-refractivity contribution is 5.82. The molecule has 0 spiro atoms. The third-order valence-corrected chi connectivity index (χ3v) is 2.89. The van der Waals surface area contributed by atoms with Crippen molar-refractivity contribution < 1.29 is 9.47 Å². The lowest BCUT2D eigenvalue weighted by Gasteiger charge is -2.10. The van der Waals surface area contributed by atoms with Crippen molar-refractivity contribution in [3.63, 3.8) is 0 Å². The Morgan fingerprint density at radius 1 is 1.37 bits per heavy atom. The molecular weight excluding hydrogens is 238 g/mol. The topological polar surface area (TPSA) is 30.8 Å². The molecule has 0 fully saturated rings. The van der Waals surface area contributed by atoms with Gasteiger partial charge in [-0.15, -0.1) is 0 Å². The van der Waals surface area contributed by atoms with Gasteiger partial charge in [0.2, 0.25) is 5.90 Å². The molecule has 102 valence electrons. The summed E-state index contributed by atoms with van der Waals surface area (Å²) in [7, 11) is 0. The van der Waals surface area contributed by atoms with Crippen molar-refractivity contribution in [3.05, 3.63) is 42.0 Å². The molecule has 0 bridgehead atoms. The van der Waals surface area contributed by atoms with Crippen LogP contribution in [0.5, 0.6) is 0 Å². The van der Waals surface area contributed by atoms with Crippen LogP contribution in [0.2, 0.25) is 0 Å². The maximum absolute atomic E-state index is 5.70. The van der Waals surface area contributed by atoms with E-state index >= 15 is 0 Å². The number of ether oxygens (including phenoxy) is 2. The van der Waals surface area contributed by atoms with Crippen LogP contribution in [-0.4, -0.2) is 30.8 Å². The molecule has 19 heavy (non-hydrogen) atoms. The lowest BCUT2D eigenvalue weighted by molar-refractivity contribution is 0.115. The van der Waals surface area contributed by atoms with Crippen LogP contribution in [0.4, 0.5) is 0 Å². The number of aliphatic imine (C=N–C) groups is 1. The van der Waals surface area contributed by atoms with E-state index in [4.69, 9.17) is 9.47 Å². The summed E-state index contributed by atoms with van der Waals surface area (Å²) >= 11 is 0. The molecular formula is C16H21NO2. The van der Waals surface area contributed by atoms with Crippen LogP contribution in [0.15, 0.2) is 41.4 Å². The van der Waals surface area contributed by atoms with E-state index < -0.39 is 0 Å². The van der Waals surface area contributed by atoms with Gasteiger partial charge in [-0.25, -0.2) is 4.99 Å². The molecule has 1 aromatic rings. The highest BCUT2D eigenvalue weighted by Gasteiger charge is 2.29. The molecule has 0 radical (unpaired) electrons. The summed E-state index contributed by atoms with van der Waals surface area (Å²) in [6.45, 7) is 7.27. The fraction of sp³-hybridized carbons (Fsp3) is 0.438. The number of rotatable bonds is 5. The molecule has 0 N–H and O–H groups in total. The van der Waals surface area contributed by atoms with Gasteiger partial charge in [0.25, 0.3) is 0 Å². The van der Waals surface area contributed by atoms with Crippen LogP contribution in [0, 0.1) is 0 Å². The maximum atomic E-state index is 5.70. The molecule has 1 aliphatic rings. The van der Waals surface area contributed by atoms with E-state index in [2.05, 4.69) is 31.0 Å². The third kappa shape index (κ3) is 4.21. The Morgan fingerprint density at radius 3 is 2.74 bits per heavy atom. The Kier molecular flexibility index (Phi) is 4.38. The highest BCUT2D eigenvalue weighted by Crippen LogP contribution is 2.19. The SMILES string of the molecule is CC(OC/C=C/c1ccccc1)C1=NC(C)(C)CO1. The normalized spacial score (nSPS) is 19.2. The number of nitrogens with zero attached hydrogens (tertiary/aromatic N) is 1. The van der Waals surface area contributed by atoms with Crippen molar-refractivity contribution in [1.82, 2.24) is 0 Å². The van der Waals surface area contributed by atoms with E-state index in [0.29, 0.717) is 19.1 Å². The third-order valence-electron chi connectivity index (χ3n) is 2.89. The van der Waals surface area contributed by atoms with Crippen LogP contribution in [0.1, 0.15) is 26.3 Å². The molecule has 0 aliphatic carbocycles. The van der Waals surface area contributed by atoms with Crippen molar-refractivity contribution in [3.8, 4) is 0 Å². The van der Waals surface area contributed by atoms with Crippen LogP contribution in [0.25, 0.3) is 6.08 Å². The average Bonchev–Trinajstić information content (AvgIpc) is 2.76. The van der Waals surface area contributed by atoms with Crippen LogP contribution in [-0.2, 0) is 9.47 Å². The fourth-order valence-corrected chi connectivity index (χ4v) is 1.84. The summed E-state index contributed by atoms with van der Waals surface area (Å²) in [6.07, 6.45) is 3.96. The molecule has 3 nitrogen and oxygen atoms in total. The second-order valence-corrected chi connectivity index (χ2v) is 5.34. The quantitative estimate of drug-likeness (QED) is 0.812. The summed E-state index contributed by atoms with van der Waals surface area (Å²) in [4.78, 5) is 4.50. The Hall–Kier alpha value is -1.61. The van der Waals surface area contributed by atoms with Gasteiger partial charge in [-0.1, -0.05) is 42.5 Å². The van der Waals surface area contributed by atoms with E-state index in [1.165, 1.54) is 5.56 Å². The first-order valence-corrected chi connectivity index (χ1v) is 6.62. The molecule has 1 unspecified atom stereocenters. The molecule has 0 saturated heterocycles. The van der Waals surface area contributed by atoms with Gasteiger partial charge in [0, 0.05) is 0 Å². The summed E-state index contributed by atoms with van der Waals surface area (Å²) in [5.74, 6) is 0.707. The second kappa shape index (κ2) is 6.02. The van der Waals surface area contributed by atoms with Gasteiger partial charge in [-0.05, 0) is 26.3 Å². The first-order valence-electron chi connectivity index (χ1n) is 6.62. The standard InChI is InChI=1S/C16H21NO2/c1-13(15-17-16(2,3)12-19-15)18-11-7-10-14-8-5-4-6-9-14/h4-10,13H,11-12H2,1-3H3/b10-7+. The van der Waals surface area contributed by atoms with Gasteiger partial charge in [0.15, 0.2) is 0 Å². The van der Waals surface area contributed by atoms with Crippen molar-refractivity contribution >= 4 is 12.0 Å². The molecule has 0 aromatic heterocycles. The largest absolute Gasteiger partial charge is 0.477 e. The molecule has 1 aliphatic heterocycles. The Bertz CT molecular complexity index is 463. The molecule has 3 heteroatoms. The molecule has 2 rings (SSSR count). The van der Waals surface area contributed by atoms with Crippen molar-refractivity contribution in [2.75, 3.05) is 13.2 Å². The Morgan fingerprint density at radius 2 is 2.11 bits per heavy atom. The fourth-order valence-electron chi connectivity index (χ4n) is 1.84. The number of benzene rings is 1. The van der Waals surface area contributed by atoms with Crippen LogP contribution >= 0.6 is 0 Å². The highest BCUT2D eigenvalue weighted by atomic mass is 16.5.